The standard InChI is InChI=1S/C9H9BO3/c10-8-2-1-6(11)5-7(8)9-12-3-4-13-9/h1-2,5,9,11H,3-4H2. The van der Waals surface area contributed by atoms with E-state index in [2.05, 4.69) is 0 Å². The summed E-state index contributed by atoms with van der Waals surface area (Å²) in [5, 5.41) is 9.23. The maximum absolute atomic E-state index is 9.23. The van der Waals surface area contributed by atoms with E-state index in [1.54, 1.807) is 12.1 Å². The highest BCUT2D eigenvalue weighted by Crippen LogP contribution is 2.23. The van der Waals surface area contributed by atoms with E-state index in [0.717, 1.165) is 0 Å². The van der Waals surface area contributed by atoms with Crippen molar-refractivity contribution in [1.29, 1.82) is 0 Å². The Bertz CT molecular complexity index is 308. The van der Waals surface area contributed by atoms with Crippen LogP contribution in [-0.2, 0) is 9.47 Å². The minimum Gasteiger partial charge on any atom is -0.508 e. The molecule has 2 radical (unpaired) electrons. The third-order valence-corrected chi connectivity index (χ3v) is 1.95. The van der Waals surface area contributed by atoms with Crippen LogP contribution in [0.1, 0.15) is 11.9 Å². The van der Waals surface area contributed by atoms with Gasteiger partial charge in [0, 0.05) is 5.56 Å². The van der Waals surface area contributed by atoms with E-state index < -0.39 is 6.29 Å². The van der Waals surface area contributed by atoms with Crippen LogP contribution in [0.15, 0.2) is 18.2 Å². The van der Waals surface area contributed by atoms with Gasteiger partial charge in [-0.2, -0.15) is 0 Å². The quantitative estimate of drug-likeness (QED) is 0.622. The van der Waals surface area contributed by atoms with Crippen LogP contribution in [0.3, 0.4) is 0 Å². The molecule has 1 aromatic rings. The van der Waals surface area contributed by atoms with Crippen LogP contribution in [-0.4, -0.2) is 26.2 Å². The van der Waals surface area contributed by atoms with Gasteiger partial charge in [-0.1, -0.05) is 11.5 Å². The molecule has 0 bridgehead atoms. The molecule has 1 N–H and O–H groups in total. The number of hydrogen-bond acceptors (Lipinski definition) is 3. The second kappa shape index (κ2) is 3.40. The van der Waals surface area contributed by atoms with Gasteiger partial charge in [-0.25, -0.2) is 0 Å². The van der Waals surface area contributed by atoms with E-state index in [0.29, 0.717) is 24.2 Å². The number of hydrogen-bond donors (Lipinski definition) is 1. The van der Waals surface area contributed by atoms with Crippen LogP contribution in [0.2, 0.25) is 0 Å². The molecule has 1 fully saturated rings. The van der Waals surface area contributed by atoms with Crippen molar-refractivity contribution in [3.8, 4) is 5.75 Å². The smallest absolute Gasteiger partial charge is 0.183 e. The lowest BCUT2D eigenvalue weighted by Gasteiger charge is -2.12. The fourth-order valence-electron chi connectivity index (χ4n) is 1.30. The van der Waals surface area contributed by atoms with Gasteiger partial charge < -0.3 is 14.6 Å². The summed E-state index contributed by atoms with van der Waals surface area (Å²) in [6.45, 7) is 1.14. The first kappa shape index (κ1) is 8.60. The van der Waals surface area contributed by atoms with Crippen LogP contribution < -0.4 is 5.46 Å². The number of phenolic OH excluding ortho intramolecular Hbond substituents is 1. The Morgan fingerprint density at radius 1 is 1.31 bits per heavy atom. The van der Waals surface area contributed by atoms with Crippen molar-refractivity contribution in [1.82, 2.24) is 0 Å². The molecule has 0 amide bonds. The van der Waals surface area contributed by atoms with E-state index >= 15 is 0 Å². The summed E-state index contributed by atoms with van der Waals surface area (Å²) in [6, 6.07) is 4.73. The average molecular weight is 176 g/mol. The molecule has 4 heteroatoms. The SMILES string of the molecule is [B]c1ccc(O)cc1C1OCCO1. The molecular formula is C9H9BO3. The van der Waals surface area contributed by atoms with Gasteiger partial charge in [0.05, 0.1) is 13.2 Å². The lowest BCUT2D eigenvalue weighted by molar-refractivity contribution is -0.0434. The zero-order valence-electron chi connectivity index (χ0n) is 7.06. The van der Waals surface area contributed by atoms with Gasteiger partial charge in [0.2, 0.25) is 0 Å². The molecule has 1 saturated heterocycles. The summed E-state index contributed by atoms with van der Waals surface area (Å²) in [4.78, 5) is 0. The molecule has 0 spiro atoms. The van der Waals surface area contributed by atoms with E-state index in [1.165, 1.54) is 6.07 Å². The Morgan fingerprint density at radius 3 is 2.69 bits per heavy atom. The Morgan fingerprint density at radius 2 is 2.00 bits per heavy atom. The summed E-state index contributed by atoms with van der Waals surface area (Å²) in [6.07, 6.45) is -0.424. The molecule has 2 rings (SSSR count). The van der Waals surface area contributed by atoms with Crippen molar-refractivity contribution in [2.45, 2.75) is 6.29 Å². The first-order valence-electron chi connectivity index (χ1n) is 4.09. The predicted octanol–water partition coefficient (Wildman–Crippen LogP) is 0.231. The maximum atomic E-state index is 9.23. The van der Waals surface area contributed by atoms with E-state index in [1.807, 2.05) is 0 Å². The Hall–Kier alpha value is -0.995. The lowest BCUT2D eigenvalue weighted by atomic mass is 9.90. The number of rotatable bonds is 1. The van der Waals surface area contributed by atoms with Gasteiger partial charge in [-0.3, -0.25) is 0 Å². The summed E-state index contributed by atoms with van der Waals surface area (Å²) in [5.74, 6) is 0.170. The minimum absolute atomic E-state index is 0.170. The first-order valence-corrected chi connectivity index (χ1v) is 4.09. The molecule has 1 aliphatic heterocycles. The molecule has 3 nitrogen and oxygen atoms in total. The monoisotopic (exact) mass is 176 g/mol. The van der Waals surface area contributed by atoms with Crippen molar-refractivity contribution in [3.63, 3.8) is 0 Å². The van der Waals surface area contributed by atoms with Gasteiger partial charge in [0.15, 0.2) is 6.29 Å². The van der Waals surface area contributed by atoms with Gasteiger partial charge in [0.1, 0.15) is 13.6 Å². The van der Waals surface area contributed by atoms with Crippen molar-refractivity contribution in [2.75, 3.05) is 13.2 Å². The normalized spacial score (nSPS) is 17.8. The third kappa shape index (κ3) is 1.69. The number of phenols is 1. The highest BCUT2D eigenvalue weighted by Gasteiger charge is 2.19. The van der Waals surface area contributed by atoms with Crippen LogP contribution in [0, 0.1) is 0 Å². The highest BCUT2D eigenvalue weighted by atomic mass is 16.7. The topological polar surface area (TPSA) is 38.7 Å². The Balaban J connectivity index is 2.32. The number of ether oxygens (including phenoxy) is 2. The second-order valence-corrected chi connectivity index (χ2v) is 2.89. The summed E-state index contributed by atoms with van der Waals surface area (Å²) >= 11 is 0. The lowest BCUT2D eigenvalue weighted by Crippen LogP contribution is -2.14. The molecule has 0 unspecified atom stereocenters. The molecule has 0 aromatic heterocycles. The van der Waals surface area contributed by atoms with E-state index in [4.69, 9.17) is 17.3 Å². The average Bonchev–Trinajstić information content (AvgIpc) is 2.61. The Kier molecular flexibility index (Phi) is 2.25. The van der Waals surface area contributed by atoms with Gasteiger partial charge >= 0.3 is 0 Å². The molecule has 1 aromatic carbocycles. The van der Waals surface area contributed by atoms with Crippen molar-refractivity contribution in [3.05, 3.63) is 23.8 Å². The van der Waals surface area contributed by atoms with Crippen LogP contribution in [0.5, 0.6) is 5.75 Å². The fourth-order valence-corrected chi connectivity index (χ4v) is 1.30. The summed E-state index contributed by atoms with van der Waals surface area (Å²) in [5.41, 5.74) is 1.27. The van der Waals surface area contributed by atoms with Crippen LogP contribution in [0.25, 0.3) is 0 Å². The molecular weight excluding hydrogens is 167 g/mol. The fraction of sp³-hybridized carbons (Fsp3) is 0.333. The van der Waals surface area contributed by atoms with E-state index in [9.17, 15) is 5.11 Å². The van der Waals surface area contributed by atoms with Crippen molar-refractivity contribution in [2.24, 2.45) is 0 Å². The van der Waals surface area contributed by atoms with Crippen LogP contribution in [0.4, 0.5) is 0 Å². The third-order valence-electron chi connectivity index (χ3n) is 1.95. The predicted molar refractivity (Wildman–Crippen MR) is 48.1 cm³/mol. The second-order valence-electron chi connectivity index (χ2n) is 2.89. The van der Waals surface area contributed by atoms with Crippen LogP contribution >= 0.6 is 0 Å². The zero-order chi connectivity index (χ0) is 9.26. The molecule has 0 atom stereocenters. The van der Waals surface area contributed by atoms with Gasteiger partial charge in [-0.15, -0.1) is 0 Å². The molecule has 66 valence electrons. The Labute approximate surface area is 77.7 Å². The number of aromatic hydroxyl groups is 1. The van der Waals surface area contributed by atoms with E-state index in [-0.39, 0.29) is 5.75 Å². The first-order chi connectivity index (χ1) is 6.27. The summed E-state index contributed by atoms with van der Waals surface area (Å²) < 4.78 is 10.5. The molecule has 1 heterocycles. The maximum Gasteiger partial charge on any atom is 0.183 e. The zero-order valence-corrected chi connectivity index (χ0v) is 7.06. The summed E-state index contributed by atoms with van der Waals surface area (Å²) in [7, 11) is 5.70. The van der Waals surface area contributed by atoms with Gasteiger partial charge in [-0.05, 0) is 12.1 Å². The van der Waals surface area contributed by atoms with Crippen molar-refractivity contribution < 1.29 is 14.6 Å². The molecule has 13 heavy (non-hydrogen) atoms. The molecule has 0 aliphatic carbocycles. The molecule has 0 saturated carbocycles. The minimum atomic E-state index is -0.424. The van der Waals surface area contributed by atoms with Crippen molar-refractivity contribution >= 4 is 13.3 Å². The largest absolute Gasteiger partial charge is 0.508 e. The molecule has 1 aliphatic rings. The van der Waals surface area contributed by atoms with Gasteiger partial charge in [0.25, 0.3) is 0 Å². The number of benzene rings is 1. The highest BCUT2D eigenvalue weighted by molar-refractivity contribution is 6.33.